The van der Waals surface area contributed by atoms with E-state index in [1.54, 1.807) is 0 Å². The maximum Gasteiger partial charge on any atom is 0.303 e. The van der Waals surface area contributed by atoms with E-state index in [4.69, 9.17) is 10.8 Å². The van der Waals surface area contributed by atoms with E-state index in [0.717, 1.165) is 18.4 Å². The highest BCUT2D eigenvalue weighted by Gasteiger charge is 2.30. The maximum absolute atomic E-state index is 10.9. The maximum atomic E-state index is 10.9. The summed E-state index contributed by atoms with van der Waals surface area (Å²) in [5.41, 5.74) is 9.74. The van der Waals surface area contributed by atoms with Crippen molar-refractivity contribution in [1.82, 2.24) is 0 Å². The number of benzene rings is 1. The monoisotopic (exact) mass is 261 g/mol. The lowest BCUT2D eigenvalue weighted by Gasteiger charge is -2.31. The zero-order valence-corrected chi connectivity index (χ0v) is 11.8. The second-order valence-electron chi connectivity index (χ2n) is 6.27. The van der Waals surface area contributed by atoms with Crippen molar-refractivity contribution in [3.63, 3.8) is 0 Å². The predicted octanol–water partition coefficient (Wildman–Crippen LogP) is 3.07. The first-order valence-electron chi connectivity index (χ1n) is 6.99. The molecule has 3 nitrogen and oxygen atoms in total. The number of rotatable bonds is 4. The molecule has 0 fully saturated rings. The third-order valence-electron chi connectivity index (χ3n) is 4.18. The van der Waals surface area contributed by atoms with Gasteiger partial charge in [-0.25, -0.2) is 0 Å². The van der Waals surface area contributed by atoms with E-state index in [0.29, 0.717) is 0 Å². The normalized spacial score (nSPS) is 16.8. The molecule has 3 N–H and O–H groups in total. The van der Waals surface area contributed by atoms with Crippen molar-refractivity contribution in [3.05, 3.63) is 34.9 Å². The molecule has 2 rings (SSSR count). The van der Waals surface area contributed by atoms with Crippen molar-refractivity contribution < 1.29 is 9.90 Å². The first kappa shape index (κ1) is 14.1. The van der Waals surface area contributed by atoms with Gasteiger partial charge in [0.2, 0.25) is 0 Å². The number of carboxylic acid groups (broad SMARTS) is 1. The molecule has 0 saturated heterocycles. The molecule has 1 aromatic carbocycles. The summed E-state index contributed by atoms with van der Waals surface area (Å²) >= 11 is 0. The van der Waals surface area contributed by atoms with Crippen LogP contribution in [-0.2, 0) is 17.6 Å². The van der Waals surface area contributed by atoms with E-state index in [9.17, 15) is 4.79 Å². The van der Waals surface area contributed by atoms with Crippen LogP contribution >= 0.6 is 0 Å². The van der Waals surface area contributed by atoms with Crippen LogP contribution < -0.4 is 5.73 Å². The van der Waals surface area contributed by atoms with Crippen LogP contribution in [0.3, 0.4) is 0 Å². The largest absolute Gasteiger partial charge is 0.481 e. The zero-order valence-electron chi connectivity index (χ0n) is 11.8. The standard InChI is InChI=1S/C16H23NO2/c1-16(2,10-14(18)19)15(17)13-8-7-11-5-3-4-6-12(11)9-13/h7-9,15H,3-6,10,17H2,1-2H3,(H,18,19). The quantitative estimate of drug-likeness (QED) is 0.875. The molecule has 0 radical (unpaired) electrons. The van der Waals surface area contributed by atoms with Crippen molar-refractivity contribution in [2.75, 3.05) is 0 Å². The molecule has 19 heavy (non-hydrogen) atoms. The Hall–Kier alpha value is -1.35. The lowest BCUT2D eigenvalue weighted by atomic mass is 9.77. The number of carbonyl (C=O) groups is 1. The topological polar surface area (TPSA) is 63.3 Å². The first-order chi connectivity index (χ1) is 8.90. The third-order valence-corrected chi connectivity index (χ3v) is 4.18. The smallest absolute Gasteiger partial charge is 0.303 e. The minimum Gasteiger partial charge on any atom is -0.481 e. The molecule has 0 aliphatic heterocycles. The highest BCUT2D eigenvalue weighted by Crippen LogP contribution is 2.36. The predicted molar refractivity (Wildman–Crippen MR) is 76.0 cm³/mol. The Kier molecular flexibility index (Phi) is 3.95. The molecule has 0 aromatic heterocycles. The van der Waals surface area contributed by atoms with Gasteiger partial charge in [-0.3, -0.25) is 4.79 Å². The minimum absolute atomic E-state index is 0.0885. The lowest BCUT2D eigenvalue weighted by Crippen LogP contribution is -2.31. The fourth-order valence-electron chi connectivity index (χ4n) is 2.90. The van der Waals surface area contributed by atoms with Gasteiger partial charge >= 0.3 is 5.97 Å². The number of aryl methyl sites for hydroxylation is 2. The molecular formula is C16H23NO2. The average Bonchev–Trinajstić information content (AvgIpc) is 2.35. The molecule has 0 spiro atoms. The van der Waals surface area contributed by atoms with E-state index in [1.807, 2.05) is 13.8 Å². The molecule has 1 aliphatic carbocycles. The van der Waals surface area contributed by atoms with Gasteiger partial charge in [0, 0.05) is 6.04 Å². The van der Waals surface area contributed by atoms with Gasteiger partial charge in [-0.05, 0) is 47.8 Å². The molecule has 1 aromatic rings. The Bertz CT molecular complexity index is 480. The fraction of sp³-hybridized carbons (Fsp3) is 0.562. The van der Waals surface area contributed by atoms with Crippen LogP contribution in [0.5, 0.6) is 0 Å². The molecular weight excluding hydrogens is 238 g/mol. The van der Waals surface area contributed by atoms with E-state index in [2.05, 4.69) is 18.2 Å². The Morgan fingerprint density at radius 1 is 1.32 bits per heavy atom. The van der Waals surface area contributed by atoms with Crippen LogP contribution in [0.1, 0.15) is 55.8 Å². The number of hydrogen-bond donors (Lipinski definition) is 2. The summed E-state index contributed by atoms with van der Waals surface area (Å²) in [4.78, 5) is 10.9. The SMILES string of the molecule is CC(C)(CC(=O)O)C(N)c1ccc2c(c1)CCCC2. The number of hydrogen-bond acceptors (Lipinski definition) is 2. The number of carboxylic acids is 1. The Morgan fingerprint density at radius 2 is 1.95 bits per heavy atom. The molecule has 0 amide bonds. The molecule has 1 aliphatic rings. The van der Waals surface area contributed by atoms with Crippen molar-refractivity contribution in [2.24, 2.45) is 11.1 Å². The van der Waals surface area contributed by atoms with Gasteiger partial charge in [0.1, 0.15) is 0 Å². The van der Waals surface area contributed by atoms with Crippen molar-refractivity contribution in [3.8, 4) is 0 Å². The Balaban J connectivity index is 2.23. The molecule has 1 atom stereocenters. The first-order valence-corrected chi connectivity index (χ1v) is 6.99. The van der Waals surface area contributed by atoms with Gasteiger partial charge < -0.3 is 10.8 Å². The highest BCUT2D eigenvalue weighted by atomic mass is 16.4. The van der Waals surface area contributed by atoms with Gasteiger partial charge in [0.05, 0.1) is 6.42 Å². The molecule has 0 saturated carbocycles. The van der Waals surface area contributed by atoms with E-state index in [-0.39, 0.29) is 12.5 Å². The van der Waals surface area contributed by atoms with Gasteiger partial charge in [-0.2, -0.15) is 0 Å². The number of fused-ring (bicyclic) bond motifs is 1. The lowest BCUT2D eigenvalue weighted by molar-refractivity contribution is -0.139. The van der Waals surface area contributed by atoms with Crippen LogP contribution in [-0.4, -0.2) is 11.1 Å². The van der Waals surface area contributed by atoms with Crippen LogP contribution in [0, 0.1) is 5.41 Å². The zero-order chi connectivity index (χ0) is 14.0. The number of nitrogens with two attached hydrogens (primary N) is 1. The van der Waals surface area contributed by atoms with Crippen LogP contribution in [0.15, 0.2) is 18.2 Å². The van der Waals surface area contributed by atoms with Crippen LogP contribution in [0.4, 0.5) is 0 Å². The number of aliphatic carboxylic acids is 1. The second kappa shape index (κ2) is 5.33. The van der Waals surface area contributed by atoms with Gasteiger partial charge in [0.15, 0.2) is 0 Å². The molecule has 0 heterocycles. The summed E-state index contributed by atoms with van der Waals surface area (Å²) in [6.45, 7) is 3.84. The van der Waals surface area contributed by atoms with Gasteiger partial charge in [-0.1, -0.05) is 32.0 Å². The Morgan fingerprint density at radius 3 is 2.58 bits per heavy atom. The van der Waals surface area contributed by atoms with Crippen molar-refractivity contribution in [2.45, 2.75) is 52.0 Å². The molecule has 104 valence electrons. The summed E-state index contributed by atoms with van der Waals surface area (Å²) in [7, 11) is 0. The molecule has 1 unspecified atom stereocenters. The van der Waals surface area contributed by atoms with Crippen LogP contribution in [0.2, 0.25) is 0 Å². The second-order valence-corrected chi connectivity index (χ2v) is 6.27. The minimum atomic E-state index is -0.793. The van der Waals surface area contributed by atoms with Crippen LogP contribution in [0.25, 0.3) is 0 Å². The summed E-state index contributed by atoms with van der Waals surface area (Å²) < 4.78 is 0. The van der Waals surface area contributed by atoms with E-state index >= 15 is 0 Å². The van der Waals surface area contributed by atoms with Gasteiger partial charge in [-0.15, -0.1) is 0 Å². The summed E-state index contributed by atoms with van der Waals surface area (Å²) in [6, 6.07) is 6.18. The average molecular weight is 261 g/mol. The van der Waals surface area contributed by atoms with Crippen molar-refractivity contribution in [1.29, 1.82) is 0 Å². The van der Waals surface area contributed by atoms with E-state index in [1.165, 1.54) is 24.0 Å². The third kappa shape index (κ3) is 3.16. The fourth-order valence-corrected chi connectivity index (χ4v) is 2.90. The highest BCUT2D eigenvalue weighted by molar-refractivity contribution is 5.67. The Labute approximate surface area is 114 Å². The van der Waals surface area contributed by atoms with Crippen molar-refractivity contribution >= 4 is 5.97 Å². The van der Waals surface area contributed by atoms with E-state index < -0.39 is 11.4 Å². The summed E-state index contributed by atoms with van der Waals surface area (Å²) in [5.74, 6) is -0.793. The van der Waals surface area contributed by atoms with Gasteiger partial charge in [0.25, 0.3) is 0 Å². The molecule has 0 bridgehead atoms. The molecule has 3 heteroatoms. The summed E-state index contributed by atoms with van der Waals surface area (Å²) in [5, 5.41) is 8.98. The summed E-state index contributed by atoms with van der Waals surface area (Å²) in [6.07, 6.45) is 4.87.